The fourth-order valence-corrected chi connectivity index (χ4v) is 2.48. The van der Waals surface area contributed by atoms with E-state index in [2.05, 4.69) is 12.2 Å². The minimum absolute atomic E-state index is 0.111. The van der Waals surface area contributed by atoms with E-state index < -0.39 is 0 Å². The normalized spacial score (nSPS) is 32.9. The van der Waals surface area contributed by atoms with Gasteiger partial charge in [-0.1, -0.05) is 12.2 Å². The summed E-state index contributed by atoms with van der Waals surface area (Å²) in [6.45, 7) is 3.59. The van der Waals surface area contributed by atoms with E-state index >= 15 is 0 Å². The Morgan fingerprint density at radius 1 is 1.36 bits per heavy atom. The summed E-state index contributed by atoms with van der Waals surface area (Å²) in [5.74, 6) is 1.48. The van der Waals surface area contributed by atoms with Crippen LogP contribution in [-0.2, 0) is 4.79 Å². The lowest BCUT2D eigenvalue weighted by molar-refractivity contribution is -0.131. The van der Waals surface area contributed by atoms with E-state index in [1.807, 2.05) is 4.90 Å². The van der Waals surface area contributed by atoms with Crippen LogP contribution in [0.3, 0.4) is 0 Å². The van der Waals surface area contributed by atoms with Crippen LogP contribution >= 0.6 is 0 Å². The number of carbonyl (C=O) groups excluding carboxylic acids is 1. The SMILES string of the molecule is C[C@@H](N)C(=O)N1CC2CC=CCC2C1. The van der Waals surface area contributed by atoms with Crippen LogP contribution in [0.15, 0.2) is 12.2 Å². The van der Waals surface area contributed by atoms with Gasteiger partial charge in [-0.2, -0.15) is 0 Å². The number of nitrogens with two attached hydrogens (primary N) is 1. The summed E-state index contributed by atoms with van der Waals surface area (Å²) in [5.41, 5.74) is 5.60. The van der Waals surface area contributed by atoms with Gasteiger partial charge in [-0.05, 0) is 31.6 Å². The van der Waals surface area contributed by atoms with Crippen LogP contribution in [-0.4, -0.2) is 29.9 Å². The topological polar surface area (TPSA) is 46.3 Å². The molecule has 1 fully saturated rings. The molecule has 0 spiro atoms. The zero-order chi connectivity index (χ0) is 10.1. The first-order valence-electron chi connectivity index (χ1n) is 5.38. The van der Waals surface area contributed by atoms with Crippen LogP contribution in [0.25, 0.3) is 0 Å². The molecule has 0 aromatic heterocycles. The van der Waals surface area contributed by atoms with Crippen molar-refractivity contribution in [2.24, 2.45) is 17.6 Å². The number of likely N-dealkylation sites (tertiary alicyclic amines) is 1. The molecule has 0 radical (unpaired) electrons. The highest BCUT2D eigenvalue weighted by atomic mass is 16.2. The van der Waals surface area contributed by atoms with E-state index in [1.54, 1.807) is 6.92 Å². The molecule has 0 bridgehead atoms. The van der Waals surface area contributed by atoms with Gasteiger partial charge in [0.1, 0.15) is 0 Å². The Hall–Kier alpha value is -0.830. The van der Waals surface area contributed by atoms with Crippen LogP contribution in [0.4, 0.5) is 0 Å². The third-order valence-electron chi connectivity index (χ3n) is 3.32. The third-order valence-corrected chi connectivity index (χ3v) is 3.32. The van der Waals surface area contributed by atoms with E-state index in [4.69, 9.17) is 5.73 Å². The molecule has 1 saturated heterocycles. The number of allylic oxidation sites excluding steroid dienone is 2. The molecule has 1 aliphatic carbocycles. The van der Waals surface area contributed by atoms with Crippen molar-refractivity contribution >= 4 is 5.91 Å². The average molecular weight is 194 g/mol. The molecular weight excluding hydrogens is 176 g/mol. The van der Waals surface area contributed by atoms with Gasteiger partial charge in [0, 0.05) is 13.1 Å². The van der Waals surface area contributed by atoms with Crippen LogP contribution in [0.2, 0.25) is 0 Å². The van der Waals surface area contributed by atoms with Gasteiger partial charge in [0.2, 0.25) is 5.91 Å². The van der Waals surface area contributed by atoms with Gasteiger partial charge in [-0.3, -0.25) is 4.79 Å². The van der Waals surface area contributed by atoms with Gasteiger partial charge >= 0.3 is 0 Å². The van der Waals surface area contributed by atoms with Gasteiger partial charge < -0.3 is 10.6 Å². The van der Waals surface area contributed by atoms with E-state index in [-0.39, 0.29) is 11.9 Å². The minimum atomic E-state index is -0.344. The molecule has 78 valence electrons. The molecule has 2 aliphatic rings. The van der Waals surface area contributed by atoms with Crippen molar-refractivity contribution in [3.05, 3.63) is 12.2 Å². The smallest absolute Gasteiger partial charge is 0.239 e. The van der Waals surface area contributed by atoms with Gasteiger partial charge in [-0.15, -0.1) is 0 Å². The van der Waals surface area contributed by atoms with Crippen LogP contribution in [0.5, 0.6) is 0 Å². The maximum atomic E-state index is 11.7. The van der Waals surface area contributed by atoms with Crippen molar-refractivity contribution in [1.29, 1.82) is 0 Å². The molecule has 2 rings (SSSR count). The zero-order valence-electron chi connectivity index (χ0n) is 8.65. The lowest BCUT2D eigenvalue weighted by Gasteiger charge is -2.18. The predicted octanol–water partition coefficient (Wildman–Crippen LogP) is 0.758. The standard InChI is InChI=1S/C11H18N2O/c1-8(12)11(14)13-6-9-4-2-3-5-10(9)7-13/h2-3,8-10H,4-7,12H2,1H3/t8-,9?,10?/m1/s1. The molecular formula is C11H18N2O. The Morgan fingerprint density at radius 2 is 1.86 bits per heavy atom. The summed E-state index contributed by atoms with van der Waals surface area (Å²) in [4.78, 5) is 13.6. The van der Waals surface area contributed by atoms with Crippen molar-refractivity contribution in [1.82, 2.24) is 4.90 Å². The Labute approximate surface area is 84.9 Å². The first-order chi connectivity index (χ1) is 6.68. The summed E-state index contributed by atoms with van der Waals surface area (Å²) in [7, 11) is 0. The first-order valence-corrected chi connectivity index (χ1v) is 5.38. The zero-order valence-corrected chi connectivity index (χ0v) is 8.65. The van der Waals surface area contributed by atoms with Crippen molar-refractivity contribution in [2.75, 3.05) is 13.1 Å². The molecule has 3 heteroatoms. The number of hydrogen-bond donors (Lipinski definition) is 1. The van der Waals surface area contributed by atoms with E-state index in [9.17, 15) is 4.79 Å². The van der Waals surface area contributed by atoms with E-state index in [0.717, 1.165) is 25.9 Å². The average Bonchev–Trinajstić information content (AvgIpc) is 2.59. The van der Waals surface area contributed by atoms with Crippen LogP contribution < -0.4 is 5.73 Å². The fraction of sp³-hybridized carbons (Fsp3) is 0.727. The van der Waals surface area contributed by atoms with Crippen molar-refractivity contribution in [2.45, 2.75) is 25.8 Å². The number of hydrogen-bond acceptors (Lipinski definition) is 2. The molecule has 1 aliphatic heterocycles. The summed E-state index contributed by atoms with van der Waals surface area (Å²) in [5, 5.41) is 0. The molecule has 14 heavy (non-hydrogen) atoms. The molecule has 0 saturated carbocycles. The lowest BCUT2D eigenvalue weighted by atomic mass is 9.86. The molecule has 3 nitrogen and oxygen atoms in total. The van der Waals surface area contributed by atoms with Crippen molar-refractivity contribution < 1.29 is 4.79 Å². The predicted molar refractivity (Wildman–Crippen MR) is 55.6 cm³/mol. The van der Waals surface area contributed by atoms with E-state index in [1.165, 1.54) is 0 Å². The van der Waals surface area contributed by atoms with Gasteiger partial charge in [0.05, 0.1) is 6.04 Å². The fourth-order valence-electron chi connectivity index (χ4n) is 2.48. The lowest BCUT2D eigenvalue weighted by Crippen LogP contribution is -2.40. The summed E-state index contributed by atoms with van der Waals surface area (Å²) >= 11 is 0. The quantitative estimate of drug-likeness (QED) is 0.626. The summed E-state index contributed by atoms with van der Waals surface area (Å²) in [6.07, 6.45) is 6.74. The molecule has 2 N–H and O–H groups in total. The minimum Gasteiger partial charge on any atom is -0.341 e. The third kappa shape index (κ3) is 1.69. The number of carbonyl (C=O) groups is 1. The van der Waals surface area contributed by atoms with Crippen LogP contribution in [0.1, 0.15) is 19.8 Å². The molecule has 1 amide bonds. The first kappa shape index (κ1) is 9.71. The number of nitrogens with zero attached hydrogens (tertiary/aromatic N) is 1. The van der Waals surface area contributed by atoms with Crippen molar-refractivity contribution in [3.8, 4) is 0 Å². The Kier molecular flexibility index (Phi) is 2.59. The maximum absolute atomic E-state index is 11.7. The second-order valence-electron chi connectivity index (χ2n) is 4.49. The molecule has 3 atom stereocenters. The number of fused-ring (bicyclic) bond motifs is 1. The second kappa shape index (κ2) is 3.73. The maximum Gasteiger partial charge on any atom is 0.239 e. The molecule has 2 unspecified atom stereocenters. The monoisotopic (exact) mass is 194 g/mol. The van der Waals surface area contributed by atoms with Crippen molar-refractivity contribution in [3.63, 3.8) is 0 Å². The largest absolute Gasteiger partial charge is 0.341 e. The summed E-state index contributed by atoms with van der Waals surface area (Å²) in [6, 6.07) is -0.344. The van der Waals surface area contributed by atoms with E-state index in [0.29, 0.717) is 11.8 Å². The Morgan fingerprint density at radius 3 is 2.29 bits per heavy atom. The van der Waals surface area contributed by atoms with Crippen LogP contribution in [0, 0.1) is 11.8 Å². The molecule has 0 aromatic carbocycles. The highest BCUT2D eigenvalue weighted by Crippen LogP contribution is 2.32. The van der Waals surface area contributed by atoms with Gasteiger partial charge in [0.15, 0.2) is 0 Å². The highest BCUT2D eigenvalue weighted by molar-refractivity contribution is 5.81. The van der Waals surface area contributed by atoms with Gasteiger partial charge in [-0.25, -0.2) is 0 Å². The van der Waals surface area contributed by atoms with Gasteiger partial charge in [0.25, 0.3) is 0 Å². The molecule has 1 heterocycles. The Bertz CT molecular complexity index is 244. The number of amides is 1. The second-order valence-corrected chi connectivity index (χ2v) is 4.49. The number of rotatable bonds is 1. The highest BCUT2D eigenvalue weighted by Gasteiger charge is 2.35. The Balaban J connectivity index is 1.98. The summed E-state index contributed by atoms with van der Waals surface area (Å²) < 4.78 is 0. The molecule has 0 aromatic rings.